The van der Waals surface area contributed by atoms with Crippen LogP contribution in [0.1, 0.15) is 44.2 Å². The Bertz CT molecular complexity index is 415. The topological polar surface area (TPSA) is 9.23 Å². The zero-order valence-corrected chi connectivity index (χ0v) is 10.6. The van der Waals surface area contributed by atoms with Gasteiger partial charge in [-0.15, -0.1) is 0 Å². The van der Waals surface area contributed by atoms with Gasteiger partial charge in [0.2, 0.25) is 0 Å². The van der Waals surface area contributed by atoms with Crippen molar-refractivity contribution in [3.63, 3.8) is 0 Å². The molecule has 16 heavy (non-hydrogen) atoms. The highest BCUT2D eigenvalue weighted by Gasteiger charge is 2.22. The number of fused-ring (bicyclic) bond motifs is 1. The molecule has 1 atom stereocenters. The molecule has 1 aliphatic carbocycles. The summed E-state index contributed by atoms with van der Waals surface area (Å²) >= 11 is 0. The smallest absolute Gasteiger partial charge is 0.119 e. The Kier molecular flexibility index (Phi) is 3.04. The molecule has 0 aliphatic heterocycles. The molecule has 0 heterocycles. The highest BCUT2D eigenvalue weighted by atomic mass is 16.5. The summed E-state index contributed by atoms with van der Waals surface area (Å²) < 4.78 is 5.30. The molecule has 1 aromatic carbocycles. The van der Waals surface area contributed by atoms with Crippen LogP contribution in [0, 0.1) is 5.92 Å². The molecule has 1 heteroatoms. The van der Waals surface area contributed by atoms with Gasteiger partial charge in [-0.25, -0.2) is 0 Å². The Hall–Kier alpha value is -1.24. The lowest BCUT2D eigenvalue weighted by molar-refractivity contribution is 0.413. The molecule has 0 bridgehead atoms. The van der Waals surface area contributed by atoms with Gasteiger partial charge in [-0.3, -0.25) is 0 Å². The maximum absolute atomic E-state index is 5.30. The van der Waals surface area contributed by atoms with Gasteiger partial charge >= 0.3 is 0 Å². The second kappa shape index (κ2) is 4.32. The normalized spacial score (nSPS) is 19.3. The minimum Gasteiger partial charge on any atom is -0.497 e. The molecule has 0 saturated heterocycles. The third kappa shape index (κ3) is 1.87. The van der Waals surface area contributed by atoms with Crippen molar-refractivity contribution in [2.45, 2.75) is 33.1 Å². The predicted molar refractivity (Wildman–Crippen MR) is 68.8 cm³/mol. The molecule has 0 amide bonds. The fourth-order valence-corrected chi connectivity index (χ4v) is 2.50. The van der Waals surface area contributed by atoms with E-state index in [0.717, 1.165) is 5.75 Å². The molecule has 1 nitrogen and oxygen atoms in total. The van der Waals surface area contributed by atoms with Gasteiger partial charge in [0.15, 0.2) is 0 Å². The number of methoxy groups -OCH3 is 1. The average Bonchev–Trinajstić information content (AvgIpc) is 2.29. The summed E-state index contributed by atoms with van der Waals surface area (Å²) in [6.45, 7) is 6.79. The van der Waals surface area contributed by atoms with Crippen LogP contribution < -0.4 is 4.74 Å². The molecule has 1 aliphatic rings. The van der Waals surface area contributed by atoms with Crippen LogP contribution in [-0.2, 0) is 0 Å². The van der Waals surface area contributed by atoms with Crippen LogP contribution in [0.4, 0.5) is 0 Å². The van der Waals surface area contributed by atoms with Crippen molar-refractivity contribution in [3.05, 3.63) is 35.4 Å². The first-order valence-electron chi connectivity index (χ1n) is 5.98. The molecule has 0 radical (unpaired) electrons. The molecular formula is C15H20O. The largest absolute Gasteiger partial charge is 0.497 e. The summed E-state index contributed by atoms with van der Waals surface area (Å²) in [5.41, 5.74) is 4.23. The number of rotatable bonds is 2. The third-order valence-electron chi connectivity index (χ3n) is 3.57. The van der Waals surface area contributed by atoms with Crippen LogP contribution >= 0.6 is 0 Å². The molecule has 86 valence electrons. The van der Waals surface area contributed by atoms with E-state index < -0.39 is 0 Å². The highest BCUT2D eigenvalue weighted by molar-refractivity contribution is 5.70. The first-order valence-corrected chi connectivity index (χ1v) is 5.98. The zero-order chi connectivity index (χ0) is 11.7. The third-order valence-corrected chi connectivity index (χ3v) is 3.57. The molecule has 2 rings (SSSR count). The van der Waals surface area contributed by atoms with Gasteiger partial charge < -0.3 is 4.74 Å². The van der Waals surface area contributed by atoms with Crippen LogP contribution in [0.25, 0.3) is 5.57 Å². The number of ether oxygens (including phenoxy) is 1. The Morgan fingerprint density at radius 1 is 1.31 bits per heavy atom. The van der Waals surface area contributed by atoms with Crippen molar-refractivity contribution in [1.82, 2.24) is 0 Å². The van der Waals surface area contributed by atoms with E-state index in [1.54, 1.807) is 7.11 Å². The van der Waals surface area contributed by atoms with Crippen molar-refractivity contribution >= 4 is 5.57 Å². The Morgan fingerprint density at radius 3 is 2.69 bits per heavy atom. The van der Waals surface area contributed by atoms with Gasteiger partial charge in [0, 0.05) is 0 Å². The lowest BCUT2D eigenvalue weighted by atomic mass is 9.78. The Labute approximate surface area is 98.1 Å². The van der Waals surface area contributed by atoms with Gasteiger partial charge in [0.1, 0.15) is 5.75 Å². The van der Waals surface area contributed by atoms with E-state index in [1.165, 1.54) is 23.1 Å². The number of benzene rings is 1. The standard InChI is InChI=1S/C15H20O/c1-10(2)13-7-5-11(3)15-9-12(16-4)6-8-14(13)15/h5-6,8-10,13H,7H2,1-4H3. The maximum atomic E-state index is 5.30. The van der Waals surface area contributed by atoms with Crippen LogP contribution in [0.3, 0.4) is 0 Å². The average molecular weight is 216 g/mol. The Balaban J connectivity index is 2.49. The van der Waals surface area contributed by atoms with Gasteiger partial charge in [0.25, 0.3) is 0 Å². The van der Waals surface area contributed by atoms with Crippen molar-refractivity contribution in [1.29, 1.82) is 0 Å². The van der Waals surface area contributed by atoms with Gasteiger partial charge in [-0.1, -0.05) is 26.0 Å². The molecule has 0 aromatic heterocycles. The van der Waals surface area contributed by atoms with E-state index in [9.17, 15) is 0 Å². The molecule has 0 saturated carbocycles. The van der Waals surface area contributed by atoms with Gasteiger partial charge in [-0.2, -0.15) is 0 Å². The van der Waals surface area contributed by atoms with E-state index in [0.29, 0.717) is 11.8 Å². The van der Waals surface area contributed by atoms with Crippen molar-refractivity contribution in [2.24, 2.45) is 5.92 Å². The summed E-state index contributed by atoms with van der Waals surface area (Å²) in [5.74, 6) is 2.30. The van der Waals surface area contributed by atoms with Crippen LogP contribution in [0.5, 0.6) is 5.75 Å². The number of allylic oxidation sites excluding steroid dienone is 2. The highest BCUT2D eigenvalue weighted by Crippen LogP contribution is 2.39. The molecule has 1 unspecified atom stereocenters. The SMILES string of the molecule is COc1ccc2c(c1)C(C)=CCC2C(C)C. The molecule has 0 spiro atoms. The fourth-order valence-electron chi connectivity index (χ4n) is 2.50. The zero-order valence-electron chi connectivity index (χ0n) is 10.6. The lowest BCUT2D eigenvalue weighted by Crippen LogP contribution is -2.11. The van der Waals surface area contributed by atoms with Crippen LogP contribution in [0.15, 0.2) is 24.3 Å². The van der Waals surface area contributed by atoms with E-state index in [1.807, 2.05) is 0 Å². The lowest BCUT2D eigenvalue weighted by Gasteiger charge is -2.27. The monoisotopic (exact) mass is 216 g/mol. The van der Waals surface area contributed by atoms with E-state index in [-0.39, 0.29) is 0 Å². The summed E-state index contributed by atoms with van der Waals surface area (Å²) in [4.78, 5) is 0. The number of hydrogen-bond donors (Lipinski definition) is 0. The minimum atomic E-state index is 0.657. The van der Waals surface area contributed by atoms with Crippen molar-refractivity contribution in [2.75, 3.05) is 7.11 Å². The van der Waals surface area contributed by atoms with Gasteiger partial charge in [0.05, 0.1) is 7.11 Å². The molecule has 0 fully saturated rings. The summed E-state index contributed by atoms with van der Waals surface area (Å²) in [6, 6.07) is 6.47. The minimum absolute atomic E-state index is 0.657. The summed E-state index contributed by atoms with van der Waals surface area (Å²) in [6.07, 6.45) is 3.52. The van der Waals surface area contributed by atoms with Crippen molar-refractivity contribution < 1.29 is 4.74 Å². The first kappa shape index (κ1) is 11.3. The van der Waals surface area contributed by atoms with E-state index >= 15 is 0 Å². The quantitative estimate of drug-likeness (QED) is 0.718. The van der Waals surface area contributed by atoms with E-state index in [4.69, 9.17) is 4.74 Å². The van der Waals surface area contributed by atoms with E-state index in [2.05, 4.69) is 45.0 Å². The second-order valence-electron chi connectivity index (χ2n) is 4.93. The Morgan fingerprint density at radius 2 is 2.06 bits per heavy atom. The number of hydrogen-bond acceptors (Lipinski definition) is 1. The molecular weight excluding hydrogens is 196 g/mol. The first-order chi connectivity index (χ1) is 7.63. The summed E-state index contributed by atoms with van der Waals surface area (Å²) in [5, 5.41) is 0. The molecule has 0 N–H and O–H groups in total. The predicted octanol–water partition coefficient (Wildman–Crippen LogP) is 4.24. The molecule has 1 aromatic rings. The maximum Gasteiger partial charge on any atom is 0.119 e. The van der Waals surface area contributed by atoms with Crippen LogP contribution in [-0.4, -0.2) is 7.11 Å². The second-order valence-corrected chi connectivity index (χ2v) is 4.93. The van der Waals surface area contributed by atoms with Crippen LogP contribution in [0.2, 0.25) is 0 Å². The van der Waals surface area contributed by atoms with Crippen molar-refractivity contribution in [3.8, 4) is 5.75 Å². The van der Waals surface area contributed by atoms with Gasteiger partial charge in [-0.05, 0) is 54.0 Å². The fraction of sp³-hybridized carbons (Fsp3) is 0.467. The summed E-state index contributed by atoms with van der Waals surface area (Å²) in [7, 11) is 1.73.